The smallest absolute Gasteiger partial charge is 0.137 e. The van der Waals surface area contributed by atoms with Crippen molar-refractivity contribution in [1.29, 1.82) is 0 Å². The van der Waals surface area contributed by atoms with E-state index in [1.807, 2.05) is 19.2 Å². The molecule has 1 aliphatic heterocycles. The summed E-state index contributed by atoms with van der Waals surface area (Å²) in [7, 11) is 1.94. The second-order valence-electron chi connectivity index (χ2n) is 5.07. The first-order valence-electron chi connectivity index (χ1n) is 6.88. The van der Waals surface area contributed by atoms with E-state index >= 15 is 0 Å². The topological polar surface area (TPSA) is 30.5 Å². The molecule has 0 bridgehead atoms. The predicted molar refractivity (Wildman–Crippen MR) is 78.0 cm³/mol. The van der Waals surface area contributed by atoms with E-state index in [9.17, 15) is 0 Å². The fourth-order valence-corrected chi connectivity index (χ4v) is 2.43. The number of rotatable bonds is 5. The Bertz CT molecular complexity index is 405. The van der Waals surface area contributed by atoms with Gasteiger partial charge in [0.05, 0.1) is 11.6 Å². The maximum absolute atomic E-state index is 6.27. The van der Waals surface area contributed by atoms with Crippen LogP contribution in [0.3, 0.4) is 0 Å². The number of nitrogens with one attached hydrogen (secondary N) is 1. The third-order valence-electron chi connectivity index (χ3n) is 3.70. The summed E-state index contributed by atoms with van der Waals surface area (Å²) < 4.78 is 11.2. The van der Waals surface area contributed by atoms with Crippen molar-refractivity contribution in [2.24, 2.45) is 5.92 Å². The predicted octanol–water partition coefficient (Wildman–Crippen LogP) is 3.43. The lowest BCUT2D eigenvalue weighted by atomic mass is 10.0. The van der Waals surface area contributed by atoms with Gasteiger partial charge in [0.1, 0.15) is 5.75 Å². The zero-order chi connectivity index (χ0) is 13.7. The van der Waals surface area contributed by atoms with E-state index in [4.69, 9.17) is 21.1 Å². The number of benzene rings is 1. The van der Waals surface area contributed by atoms with Crippen LogP contribution in [0.2, 0.25) is 5.02 Å². The van der Waals surface area contributed by atoms with Crippen LogP contribution in [0.1, 0.15) is 31.4 Å². The Kier molecular flexibility index (Phi) is 5.49. The molecule has 1 atom stereocenters. The van der Waals surface area contributed by atoms with Gasteiger partial charge in [-0.1, -0.05) is 17.7 Å². The van der Waals surface area contributed by atoms with E-state index in [-0.39, 0.29) is 0 Å². The Morgan fingerprint density at radius 1 is 1.42 bits per heavy atom. The Labute approximate surface area is 120 Å². The molecule has 1 N–H and O–H groups in total. The minimum atomic E-state index is 0.294. The second-order valence-corrected chi connectivity index (χ2v) is 5.47. The van der Waals surface area contributed by atoms with Gasteiger partial charge in [-0.25, -0.2) is 0 Å². The summed E-state index contributed by atoms with van der Waals surface area (Å²) >= 11 is 6.27. The number of halogens is 1. The van der Waals surface area contributed by atoms with Gasteiger partial charge in [-0.2, -0.15) is 0 Å². The molecule has 0 aromatic heterocycles. The van der Waals surface area contributed by atoms with Crippen LogP contribution in [-0.4, -0.2) is 26.9 Å². The lowest BCUT2D eigenvalue weighted by Crippen LogP contribution is -2.21. The Morgan fingerprint density at radius 2 is 2.16 bits per heavy atom. The molecule has 1 fully saturated rings. The molecular formula is C15H22ClNO2. The summed E-state index contributed by atoms with van der Waals surface area (Å²) in [6.07, 6.45) is 2.15. The summed E-state index contributed by atoms with van der Waals surface area (Å²) in [4.78, 5) is 0. The summed E-state index contributed by atoms with van der Waals surface area (Å²) in [5.74, 6) is 1.36. The first kappa shape index (κ1) is 14.6. The fourth-order valence-electron chi connectivity index (χ4n) is 2.19. The lowest BCUT2D eigenvalue weighted by molar-refractivity contribution is 0.0498. The van der Waals surface area contributed by atoms with Crippen LogP contribution >= 0.6 is 11.6 Å². The summed E-state index contributed by atoms with van der Waals surface area (Å²) in [5.41, 5.74) is 1.17. The molecule has 1 aliphatic rings. The summed E-state index contributed by atoms with van der Waals surface area (Å²) in [6.45, 7) is 4.53. The van der Waals surface area contributed by atoms with Crippen molar-refractivity contribution in [3.8, 4) is 5.75 Å². The van der Waals surface area contributed by atoms with E-state index in [0.717, 1.165) is 38.4 Å². The van der Waals surface area contributed by atoms with Crippen LogP contribution in [0.25, 0.3) is 0 Å². The molecule has 0 saturated carbocycles. The van der Waals surface area contributed by atoms with Crippen molar-refractivity contribution in [1.82, 2.24) is 5.32 Å². The third-order valence-corrected chi connectivity index (χ3v) is 4.00. The molecule has 1 heterocycles. The minimum absolute atomic E-state index is 0.294. The van der Waals surface area contributed by atoms with Gasteiger partial charge < -0.3 is 14.8 Å². The van der Waals surface area contributed by atoms with Crippen molar-refractivity contribution < 1.29 is 9.47 Å². The molecule has 0 amide bonds. The first-order valence-corrected chi connectivity index (χ1v) is 7.25. The average Bonchev–Trinajstić information content (AvgIpc) is 2.46. The quantitative estimate of drug-likeness (QED) is 0.898. The highest BCUT2D eigenvalue weighted by Gasteiger charge is 2.15. The molecule has 1 saturated heterocycles. The maximum Gasteiger partial charge on any atom is 0.137 e. The van der Waals surface area contributed by atoms with Crippen LogP contribution in [0, 0.1) is 5.92 Å². The van der Waals surface area contributed by atoms with Gasteiger partial charge in [0.25, 0.3) is 0 Å². The summed E-state index contributed by atoms with van der Waals surface area (Å²) in [5, 5.41) is 3.88. The van der Waals surface area contributed by atoms with Gasteiger partial charge in [-0.15, -0.1) is 0 Å². The van der Waals surface area contributed by atoms with E-state index < -0.39 is 0 Å². The van der Waals surface area contributed by atoms with Gasteiger partial charge in [-0.05, 0) is 50.4 Å². The van der Waals surface area contributed by atoms with E-state index in [1.165, 1.54) is 5.56 Å². The van der Waals surface area contributed by atoms with E-state index in [1.54, 1.807) is 0 Å². The largest absolute Gasteiger partial charge is 0.492 e. The molecular weight excluding hydrogens is 262 g/mol. The SMILES string of the molecule is CNC(C)c1ccc(OCC2CCOCC2)c(Cl)c1. The number of ether oxygens (including phenoxy) is 2. The fraction of sp³-hybridized carbons (Fsp3) is 0.600. The molecule has 4 heteroatoms. The standard InChI is InChI=1S/C15H22ClNO2/c1-11(17-2)13-3-4-15(14(16)9-13)19-10-12-5-7-18-8-6-12/h3-4,9,11-12,17H,5-8,10H2,1-2H3. The van der Waals surface area contributed by atoms with Crippen molar-refractivity contribution in [3.05, 3.63) is 28.8 Å². The monoisotopic (exact) mass is 283 g/mol. The summed E-state index contributed by atoms with van der Waals surface area (Å²) in [6, 6.07) is 6.29. The van der Waals surface area contributed by atoms with Crippen LogP contribution < -0.4 is 10.1 Å². The molecule has 2 rings (SSSR count). The molecule has 0 aliphatic carbocycles. The lowest BCUT2D eigenvalue weighted by Gasteiger charge is -2.22. The van der Waals surface area contributed by atoms with Crippen LogP contribution in [0.15, 0.2) is 18.2 Å². The highest BCUT2D eigenvalue weighted by atomic mass is 35.5. The maximum atomic E-state index is 6.27. The number of hydrogen-bond acceptors (Lipinski definition) is 3. The molecule has 0 spiro atoms. The van der Waals surface area contributed by atoms with Crippen LogP contribution in [-0.2, 0) is 4.74 Å². The van der Waals surface area contributed by atoms with Gasteiger partial charge >= 0.3 is 0 Å². The van der Waals surface area contributed by atoms with Gasteiger partial charge in [0.15, 0.2) is 0 Å². The average molecular weight is 284 g/mol. The molecule has 3 nitrogen and oxygen atoms in total. The van der Waals surface area contributed by atoms with Crippen molar-refractivity contribution in [3.63, 3.8) is 0 Å². The molecule has 1 aromatic rings. The van der Waals surface area contributed by atoms with Crippen molar-refractivity contribution in [2.45, 2.75) is 25.8 Å². The van der Waals surface area contributed by atoms with Crippen LogP contribution in [0.5, 0.6) is 5.75 Å². The Hall–Kier alpha value is -0.770. The zero-order valence-corrected chi connectivity index (χ0v) is 12.4. The highest BCUT2D eigenvalue weighted by Crippen LogP contribution is 2.29. The molecule has 106 valence electrons. The molecule has 19 heavy (non-hydrogen) atoms. The van der Waals surface area contributed by atoms with Crippen LogP contribution in [0.4, 0.5) is 0 Å². The second kappa shape index (κ2) is 7.13. The van der Waals surface area contributed by atoms with E-state index in [0.29, 0.717) is 17.0 Å². The van der Waals surface area contributed by atoms with Crippen molar-refractivity contribution >= 4 is 11.6 Å². The van der Waals surface area contributed by atoms with Gasteiger partial charge in [0, 0.05) is 19.3 Å². The highest BCUT2D eigenvalue weighted by molar-refractivity contribution is 6.32. The first-order chi connectivity index (χ1) is 9.20. The Morgan fingerprint density at radius 3 is 2.79 bits per heavy atom. The van der Waals surface area contributed by atoms with Gasteiger partial charge in [-0.3, -0.25) is 0 Å². The molecule has 1 unspecified atom stereocenters. The normalized spacial score (nSPS) is 18.3. The Balaban J connectivity index is 1.93. The number of hydrogen-bond donors (Lipinski definition) is 1. The molecule has 0 radical (unpaired) electrons. The third kappa shape index (κ3) is 4.10. The zero-order valence-electron chi connectivity index (χ0n) is 11.6. The van der Waals surface area contributed by atoms with Gasteiger partial charge in [0.2, 0.25) is 0 Å². The molecule has 1 aromatic carbocycles. The van der Waals surface area contributed by atoms with E-state index in [2.05, 4.69) is 18.3 Å². The van der Waals surface area contributed by atoms with Crippen molar-refractivity contribution in [2.75, 3.05) is 26.9 Å². The minimum Gasteiger partial charge on any atom is -0.492 e.